The summed E-state index contributed by atoms with van der Waals surface area (Å²) in [7, 11) is 0. The van der Waals surface area contributed by atoms with Crippen LogP contribution in [0.2, 0.25) is 0 Å². The fraction of sp³-hybridized carbons (Fsp3) is 0.400. The number of hydrogen-bond acceptors (Lipinski definition) is 2. The van der Waals surface area contributed by atoms with E-state index in [-0.39, 0.29) is 0 Å². The number of hydrogen-bond donors (Lipinski definition) is 1. The third-order valence-electron chi connectivity index (χ3n) is 3.75. The first-order chi connectivity index (χ1) is 8.66. The van der Waals surface area contributed by atoms with Gasteiger partial charge in [-0.1, -0.05) is 23.8 Å². The van der Waals surface area contributed by atoms with Crippen molar-refractivity contribution in [3.8, 4) is 11.3 Å². The van der Waals surface area contributed by atoms with Gasteiger partial charge < -0.3 is 10.3 Å². The highest BCUT2D eigenvalue weighted by Gasteiger charge is 2.19. The molecule has 0 fully saturated rings. The fourth-order valence-electron chi connectivity index (χ4n) is 2.78. The first-order valence-corrected chi connectivity index (χ1v) is 6.59. The van der Waals surface area contributed by atoms with Crippen molar-refractivity contribution in [3.63, 3.8) is 0 Å². The summed E-state index contributed by atoms with van der Waals surface area (Å²) in [6.07, 6.45) is 3.48. The topological polar surface area (TPSA) is 43.8 Å². The van der Waals surface area contributed by atoms with Crippen LogP contribution in [0, 0.1) is 13.8 Å². The van der Waals surface area contributed by atoms with E-state index < -0.39 is 0 Å². The van der Waals surface area contributed by atoms with Crippen LogP contribution < -0.4 is 5.73 Å². The lowest BCUT2D eigenvalue weighted by Gasteiger charge is -2.14. The fourth-order valence-corrected chi connectivity index (χ4v) is 2.78. The lowest BCUT2D eigenvalue weighted by atomic mass is 10.0. The Bertz CT molecular complexity index is 596. The van der Waals surface area contributed by atoms with Gasteiger partial charge in [0.05, 0.1) is 0 Å². The maximum absolute atomic E-state index is 6.26. The molecule has 1 aliphatic rings. The summed E-state index contributed by atoms with van der Waals surface area (Å²) >= 11 is 0. The van der Waals surface area contributed by atoms with E-state index in [1.165, 1.54) is 29.5 Å². The third-order valence-corrected chi connectivity index (χ3v) is 3.75. The first kappa shape index (κ1) is 11.3. The molecule has 0 bridgehead atoms. The highest BCUT2D eigenvalue weighted by atomic mass is 15.1. The van der Waals surface area contributed by atoms with E-state index in [0.29, 0.717) is 0 Å². The van der Waals surface area contributed by atoms with Crippen LogP contribution in [0.15, 0.2) is 18.2 Å². The molecular weight excluding hydrogens is 222 g/mol. The predicted octanol–water partition coefficient (Wildman–Crippen LogP) is 3.09. The molecular formula is C15H19N3. The first-order valence-electron chi connectivity index (χ1n) is 6.59. The molecule has 18 heavy (non-hydrogen) atoms. The molecule has 0 unspecified atom stereocenters. The van der Waals surface area contributed by atoms with Crippen molar-refractivity contribution < 1.29 is 0 Å². The standard InChI is InChI=1S/C15H19N3/c1-10-6-7-12(11(2)9-10)14-15(16)18-8-4-3-5-13(18)17-14/h6-7,9H,3-5,8,16H2,1-2H3. The third kappa shape index (κ3) is 1.70. The highest BCUT2D eigenvalue weighted by Crippen LogP contribution is 2.31. The van der Waals surface area contributed by atoms with E-state index in [4.69, 9.17) is 10.7 Å². The number of aromatic nitrogens is 2. The highest BCUT2D eigenvalue weighted by molar-refractivity contribution is 5.74. The Balaban J connectivity index is 2.14. The maximum Gasteiger partial charge on any atom is 0.131 e. The van der Waals surface area contributed by atoms with Crippen molar-refractivity contribution in [2.75, 3.05) is 5.73 Å². The second-order valence-corrected chi connectivity index (χ2v) is 5.19. The van der Waals surface area contributed by atoms with Gasteiger partial charge in [-0.2, -0.15) is 0 Å². The number of benzene rings is 1. The minimum Gasteiger partial charge on any atom is -0.383 e. The van der Waals surface area contributed by atoms with Gasteiger partial charge in [-0.3, -0.25) is 0 Å². The second-order valence-electron chi connectivity index (χ2n) is 5.19. The molecule has 94 valence electrons. The summed E-state index contributed by atoms with van der Waals surface area (Å²) in [6, 6.07) is 6.45. The van der Waals surface area contributed by atoms with Gasteiger partial charge in [0.15, 0.2) is 0 Å². The molecule has 0 saturated carbocycles. The van der Waals surface area contributed by atoms with Crippen LogP contribution in [0.1, 0.15) is 29.8 Å². The second kappa shape index (κ2) is 4.16. The van der Waals surface area contributed by atoms with Crippen LogP contribution in [0.5, 0.6) is 0 Å². The Hall–Kier alpha value is -1.77. The van der Waals surface area contributed by atoms with E-state index in [1.54, 1.807) is 0 Å². The Morgan fingerprint density at radius 2 is 2.06 bits per heavy atom. The molecule has 1 aliphatic heterocycles. The van der Waals surface area contributed by atoms with Crippen molar-refractivity contribution in [2.24, 2.45) is 0 Å². The van der Waals surface area contributed by atoms with Crippen molar-refractivity contribution in [2.45, 2.75) is 39.7 Å². The van der Waals surface area contributed by atoms with Crippen LogP contribution in [-0.2, 0) is 13.0 Å². The van der Waals surface area contributed by atoms with Gasteiger partial charge in [0.1, 0.15) is 17.3 Å². The number of nitrogen functional groups attached to an aromatic ring is 1. The van der Waals surface area contributed by atoms with Crippen LogP contribution in [0.4, 0.5) is 5.82 Å². The molecule has 0 amide bonds. The summed E-state index contributed by atoms with van der Waals surface area (Å²) in [5, 5.41) is 0. The Morgan fingerprint density at radius 3 is 2.78 bits per heavy atom. The molecule has 0 saturated heterocycles. The number of aryl methyl sites for hydroxylation is 3. The van der Waals surface area contributed by atoms with Gasteiger partial charge in [-0.15, -0.1) is 0 Å². The van der Waals surface area contributed by atoms with Crippen LogP contribution in [-0.4, -0.2) is 9.55 Å². The van der Waals surface area contributed by atoms with Gasteiger partial charge in [0.25, 0.3) is 0 Å². The van der Waals surface area contributed by atoms with Crippen molar-refractivity contribution in [3.05, 3.63) is 35.2 Å². The molecule has 3 heteroatoms. The predicted molar refractivity (Wildman–Crippen MR) is 74.5 cm³/mol. The van der Waals surface area contributed by atoms with E-state index in [0.717, 1.165) is 30.3 Å². The Labute approximate surface area is 108 Å². The van der Waals surface area contributed by atoms with Gasteiger partial charge in [0, 0.05) is 18.5 Å². The molecule has 3 nitrogen and oxygen atoms in total. The Morgan fingerprint density at radius 1 is 1.22 bits per heavy atom. The molecule has 1 aromatic heterocycles. The molecule has 0 radical (unpaired) electrons. The summed E-state index contributed by atoms with van der Waals surface area (Å²) in [6.45, 7) is 5.25. The van der Waals surface area contributed by atoms with Gasteiger partial charge >= 0.3 is 0 Å². The zero-order chi connectivity index (χ0) is 12.7. The molecule has 0 atom stereocenters. The normalized spacial score (nSPS) is 14.6. The molecule has 1 aromatic carbocycles. The lowest BCUT2D eigenvalue weighted by molar-refractivity contribution is 0.527. The van der Waals surface area contributed by atoms with E-state index in [2.05, 4.69) is 36.6 Å². The zero-order valence-corrected chi connectivity index (χ0v) is 11.0. The van der Waals surface area contributed by atoms with Crippen LogP contribution >= 0.6 is 0 Å². The minimum atomic E-state index is 0.830. The number of rotatable bonds is 1. The zero-order valence-electron chi connectivity index (χ0n) is 11.0. The van der Waals surface area contributed by atoms with Crippen LogP contribution in [0.25, 0.3) is 11.3 Å². The van der Waals surface area contributed by atoms with E-state index in [1.807, 2.05) is 0 Å². The number of fused-ring (bicyclic) bond motifs is 1. The quantitative estimate of drug-likeness (QED) is 0.833. The lowest BCUT2D eigenvalue weighted by Crippen LogP contribution is -2.12. The van der Waals surface area contributed by atoms with Gasteiger partial charge in [0.2, 0.25) is 0 Å². The molecule has 2 heterocycles. The van der Waals surface area contributed by atoms with E-state index >= 15 is 0 Å². The summed E-state index contributed by atoms with van der Waals surface area (Å²) in [5.74, 6) is 1.98. The average Bonchev–Trinajstić information content (AvgIpc) is 2.68. The summed E-state index contributed by atoms with van der Waals surface area (Å²) in [4.78, 5) is 4.75. The maximum atomic E-state index is 6.26. The van der Waals surface area contributed by atoms with Crippen LogP contribution in [0.3, 0.4) is 0 Å². The van der Waals surface area contributed by atoms with E-state index in [9.17, 15) is 0 Å². The monoisotopic (exact) mass is 241 g/mol. The van der Waals surface area contributed by atoms with Gasteiger partial charge in [-0.05, 0) is 32.3 Å². The summed E-state index contributed by atoms with van der Waals surface area (Å²) in [5.41, 5.74) is 10.9. The molecule has 2 aromatic rings. The SMILES string of the molecule is Cc1ccc(-c2nc3n(c2N)CCCC3)c(C)c1. The number of nitrogens with two attached hydrogens (primary N) is 1. The molecule has 0 spiro atoms. The van der Waals surface area contributed by atoms with Gasteiger partial charge in [-0.25, -0.2) is 4.98 Å². The summed E-state index contributed by atoms with van der Waals surface area (Å²) < 4.78 is 2.18. The van der Waals surface area contributed by atoms with Crippen molar-refractivity contribution in [1.29, 1.82) is 0 Å². The Kier molecular flexibility index (Phi) is 2.62. The number of imidazole rings is 1. The number of nitrogens with zero attached hydrogens (tertiary/aromatic N) is 2. The van der Waals surface area contributed by atoms with Crippen molar-refractivity contribution in [1.82, 2.24) is 9.55 Å². The number of anilines is 1. The smallest absolute Gasteiger partial charge is 0.131 e. The van der Waals surface area contributed by atoms with Crippen molar-refractivity contribution >= 4 is 5.82 Å². The molecule has 3 rings (SSSR count). The molecule has 2 N–H and O–H groups in total. The minimum absolute atomic E-state index is 0.830. The largest absolute Gasteiger partial charge is 0.383 e. The average molecular weight is 241 g/mol. The molecule has 0 aliphatic carbocycles.